The molecule has 0 aliphatic carbocycles. The summed E-state index contributed by atoms with van der Waals surface area (Å²) >= 11 is 1.73. The maximum atomic E-state index is 4.74. The highest BCUT2D eigenvalue weighted by Gasteiger charge is 2.19. The normalized spacial score (nSPS) is 20.2. The molecule has 3 heteroatoms. The van der Waals surface area contributed by atoms with Crippen LogP contribution in [0.1, 0.15) is 31.5 Å². The molecule has 3 heterocycles. The Bertz CT molecular complexity index is 456. The van der Waals surface area contributed by atoms with Crippen LogP contribution >= 0.6 is 11.3 Å². The second-order valence-corrected chi connectivity index (χ2v) is 5.01. The predicted octanol–water partition coefficient (Wildman–Crippen LogP) is 3.51. The van der Waals surface area contributed by atoms with Crippen LogP contribution in [0.25, 0.3) is 11.3 Å². The summed E-state index contributed by atoms with van der Waals surface area (Å²) < 4.78 is 2.32. The number of imidazole rings is 1. The van der Waals surface area contributed by atoms with E-state index in [-0.39, 0.29) is 0 Å². The van der Waals surface area contributed by atoms with Crippen LogP contribution in [0.4, 0.5) is 0 Å². The Hall–Kier alpha value is -1.09. The highest BCUT2D eigenvalue weighted by molar-refractivity contribution is 7.08. The van der Waals surface area contributed by atoms with Gasteiger partial charge in [-0.05, 0) is 24.3 Å². The Balaban J connectivity index is 2.06. The van der Waals surface area contributed by atoms with Gasteiger partial charge in [0.15, 0.2) is 0 Å². The van der Waals surface area contributed by atoms with Crippen molar-refractivity contribution in [3.8, 4) is 11.3 Å². The molecule has 15 heavy (non-hydrogen) atoms. The molecule has 1 aliphatic heterocycles. The lowest BCUT2D eigenvalue weighted by molar-refractivity contribution is 0.463. The molecule has 2 aromatic heterocycles. The lowest BCUT2D eigenvalue weighted by atomic mass is 10.0. The summed E-state index contributed by atoms with van der Waals surface area (Å²) in [6, 6.07) is 2.14. The Labute approximate surface area is 93.6 Å². The molecule has 2 aromatic rings. The minimum Gasteiger partial charge on any atom is -0.334 e. The van der Waals surface area contributed by atoms with Crippen molar-refractivity contribution < 1.29 is 0 Å². The smallest absolute Gasteiger partial charge is 0.112 e. The maximum absolute atomic E-state index is 4.74. The van der Waals surface area contributed by atoms with Crippen molar-refractivity contribution in [3.05, 3.63) is 28.8 Å². The van der Waals surface area contributed by atoms with E-state index in [2.05, 4.69) is 34.5 Å². The van der Waals surface area contributed by atoms with E-state index in [1.807, 2.05) is 0 Å². The molecule has 0 aromatic carbocycles. The van der Waals surface area contributed by atoms with Gasteiger partial charge >= 0.3 is 0 Å². The van der Waals surface area contributed by atoms with E-state index < -0.39 is 0 Å². The van der Waals surface area contributed by atoms with Crippen molar-refractivity contribution in [1.82, 2.24) is 9.55 Å². The standard InChI is InChI=1S/C12H14N2S/c1-9-3-2-5-14-7-11(13-12(9)14)10-4-6-15-8-10/h4,6-9H,2-3,5H2,1H3/t9-/m1/s1. The third-order valence-electron chi connectivity index (χ3n) is 3.10. The number of aryl methyl sites for hydroxylation is 1. The highest BCUT2D eigenvalue weighted by atomic mass is 32.1. The number of rotatable bonds is 1. The van der Waals surface area contributed by atoms with Crippen LogP contribution in [0.2, 0.25) is 0 Å². The van der Waals surface area contributed by atoms with Gasteiger partial charge in [-0.1, -0.05) is 6.92 Å². The monoisotopic (exact) mass is 218 g/mol. The van der Waals surface area contributed by atoms with Gasteiger partial charge in [-0.2, -0.15) is 11.3 Å². The number of thiophene rings is 1. The van der Waals surface area contributed by atoms with Crippen molar-refractivity contribution in [2.75, 3.05) is 0 Å². The molecule has 0 unspecified atom stereocenters. The summed E-state index contributed by atoms with van der Waals surface area (Å²) in [6.45, 7) is 3.41. The summed E-state index contributed by atoms with van der Waals surface area (Å²) in [5.41, 5.74) is 2.40. The molecule has 3 rings (SSSR count). The van der Waals surface area contributed by atoms with Crippen molar-refractivity contribution in [3.63, 3.8) is 0 Å². The Morgan fingerprint density at radius 1 is 1.53 bits per heavy atom. The molecule has 0 saturated heterocycles. The molecule has 0 bridgehead atoms. The van der Waals surface area contributed by atoms with Crippen LogP contribution in [0, 0.1) is 0 Å². The van der Waals surface area contributed by atoms with Gasteiger partial charge in [0.05, 0.1) is 5.69 Å². The number of nitrogens with zero attached hydrogens (tertiary/aromatic N) is 2. The van der Waals surface area contributed by atoms with Crippen LogP contribution in [-0.2, 0) is 6.54 Å². The average molecular weight is 218 g/mol. The quantitative estimate of drug-likeness (QED) is 0.716. The molecule has 2 nitrogen and oxygen atoms in total. The van der Waals surface area contributed by atoms with Crippen molar-refractivity contribution in [2.24, 2.45) is 0 Å². The molecule has 0 N–H and O–H groups in total. The minimum absolute atomic E-state index is 0.617. The molecule has 0 saturated carbocycles. The first-order chi connectivity index (χ1) is 7.34. The van der Waals surface area contributed by atoms with E-state index in [1.165, 1.54) is 24.2 Å². The number of fused-ring (bicyclic) bond motifs is 1. The van der Waals surface area contributed by atoms with Gasteiger partial charge in [0, 0.05) is 29.6 Å². The van der Waals surface area contributed by atoms with Crippen molar-refractivity contribution in [2.45, 2.75) is 32.2 Å². The molecule has 1 aliphatic rings. The lowest BCUT2D eigenvalue weighted by Crippen LogP contribution is -2.12. The van der Waals surface area contributed by atoms with E-state index >= 15 is 0 Å². The van der Waals surface area contributed by atoms with E-state index in [0.717, 1.165) is 12.2 Å². The van der Waals surface area contributed by atoms with Gasteiger partial charge in [-0.25, -0.2) is 4.98 Å². The van der Waals surface area contributed by atoms with Crippen molar-refractivity contribution >= 4 is 11.3 Å². The second kappa shape index (κ2) is 3.49. The molecule has 0 radical (unpaired) electrons. The summed E-state index contributed by atoms with van der Waals surface area (Å²) in [4.78, 5) is 4.74. The van der Waals surface area contributed by atoms with Gasteiger partial charge in [0.2, 0.25) is 0 Å². The van der Waals surface area contributed by atoms with Gasteiger partial charge in [0.1, 0.15) is 5.82 Å². The zero-order valence-electron chi connectivity index (χ0n) is 8.81. The molecule has 0 spiro atoms. The van der Waals surface area contributed by atoms with Crippen molar-refractivity contribution in [1.29, 1.82) is 0 Å². The topological polar surface area (TPSA) is 17.8 Å². The zero-order valence-corrected chi connectivity index (χ0v) is 9.63. The van der Waals surface area contributed by atoms with Crippen LogP contribution in [0.5, 0.6) is 0 Å². The molecular weight excluding hydrogens is 204 g/mol. The van der Waals surface area contributed by atoms with Crippen LogP contribution in [-0.4, -0.2) is 9.55 Å². The van der Waals surface area contributed by atoms with E-state index in [0.29, 0.717) is 5.92 Å². The largest absolute Gasteiger partial charge is 0.334 e. The van der Waals surface area contributed by atoms with Gasteiger partial charge in [-0.15, -0.1) is 0 Å². The fraction of sp³-hybridized carbons (Fsp3) is 0.417. The molecular formula is C12H14N2S. The molecule has 0 fully saturated rings. The highest BCUT2D eigenvalue weighted by Crippen LogP contribution is 2.29. The SMILES string of the molecule is C[C@@H]1CCCn2cc(-c3ccsc3)nc21. The lowest BCUT2D eigenvalue weighted by Gasteiger charge is -2.19. The Morgan fingerprint density at radius 3 is 3.20 bits per heavy atom. The molecule has 1 atom stereocenters. The zero-order chi connectivity index (χ0) is 10.3. The second-order valence-electron chi connectivity index (χ2n) is 4.23. The predicted molar refractivity (Wildman–Crippen MR) is 63.2 cm³/mol. The number of hydrogen-bond acceptors (Lipinski definition) is 2. The molecule has 78 valence electrons. The van der Waals surface area contributed by atoms with Gasteiger partial charge in [0.25, 0.3) is 0 Å². The third-order valence-corrected chi connectivity index (χ3v) is 3.78. The van der Waals surface area contributed by atoms with Crippen LogP contribution in [0.15, 0.2) is 23.0 Å². The van der Waals surface area contributed by atoms with E-state index in [9.17, 15) is 0 Å². The number of hydrogen-bond donors (Lipinski definition) is 0. The van der Waals surface area contributed by atoms with Crippen LogP contribution in [0.3, 0.4) is 0 Å². The first kappa shape index (κ1) is 9.16. The summed E-state index contributed by atoms with van der Waals surface area (Å²) in [6.07, 6.45) is 4.76. The maximum Gasteiger partial charge on any atom is 0.112 e. The van der Waals surface area contributed by atoms with Gasteiger partial charge in [-0.3, -0.25) is 0 Å². The summed E-state index contributed by atoms with van der Waals surface area (Å²) in [5, 5.41) is 4.27. The van der Waals surface area contributed by atoms with Gasteiger partial charge < -0.3 is 4.57 Å². The summed E-state index contributed by atoms with van der Waals surface area (Å²) in [5.74, 6) is 1.88. The minimum atomic E-state index is 0.617. The third kappa shape index (κ3) is 1.51. The Morgan fingerprint density at radius 2 is 2.47 bits per heavy atom. The first-order valence-corrected chi connectivity index (χ1v) is 6.38. The van der Waals surface area contributed by atoms with E-state index in [4.69, 9.17) is 4.98 Å². The average Bonchev–Trinajstić information content (AvgIpc) is 2.86. The fourth-order valence-electron chi connectivity index (χ4n) is 2.25. The summed E-state index contributed by atoms with van der Waals surface area (Å²) in [7, 11) is 0. The number of aromatic nitrogens is 2. The Kier molecular flexibility index (Phi) is 2.13. The molecule has 0 amide bonds. The van der Waals surface area contributed by atoms with E-state index in [1.54, 1.807) is 11.3 Å². The van der Waals surface area contributed by atoms with Crippen LogP contribution < -0.4 is 0 Å². The first-order valence-electron chi connectivity index (χ1n) is 5.44. The fourth-order valence-corrected chi connectivity index (χ4v) is 2.90.